The molecule has 0 aliphatic carbocycles. The fourth-order valence-electron chi connectivity index (χ4n) is 3.27. The number of ether oxygens (including phenoxy) is 2. The SMILES string of the molecule is CC[C@]1(c2ccccc2)NC(=O)N(CC(=O)OC[C@@H]2CCCO2)C1=O. The van der Waals surface area contributed by atoms with Crippen molar-refractivity contribution in [3.05, 3.63) is 35.9 Å². The van der Waals surface area contributed by atoms with Gasteiger partial charge in [-0.2, -0.15) is 0 Å². The van der Waals surface area contributed by atoms with E-state index < -0.39 is 30.0 Å². The van der Waals surface area contributed by atoms with Crippen LogP contribution in [0.25, 0.3) is 0 Å². The van der Waals surface area contributed by atoms with Crippen molar-refractivity contribution < 1.29 is 23.9 Å². The van der Waals surface area contributed by atoms with Crippen LogP contribution in [0.2, 0.25) is 0 Å². The zero-order valence-electron chi connectivity index (χ0n) is 14.2. The van der Waals surface area contributed by atoms with Crippen LogP contribution in [0.5, 0.6) is 0 Å². The highest BCUT2D eigenvalue weighted by molar-refractivity contribution is 6.09. The summed E-state index contributed by atoms with van der Waals surface area (Å²) in [6.07, 6.45) is 2.10. The molecule has 7 heteroatoms. The molecule has 1 aromatic carbocycles. The van der Waals surface area contributed by atoms with Gasteiger partial charge in [0.1, 0.15) is 18.7 Å². The number of amides is 3. The number of rotatable bonds is 6. The molecule has 2 saturated heterocycles. The predicted octanol–water partition coefficient (Wildman–Crippen LogP) is 1.57. The molecule has 1 aromatic rings. The second-order valence-corrected chi connectivity index (χ2v) is 6.26. The first-order chi connectivity index (χ1) is 12.1. The van der Waals surface area contributed by atoms with E-state index in [0.29, 0.717) is 18.6 Å². The average Bonchev–Trinajstić information content (AvgIpc) is 3.23. The van der Waals surface area contributed by atoms with Crippen molar-refractivity contribution >= 4 is 17.9 Å². The lowest BCUT2D eigenvalue weighted by atomic mass is 9.87. The first-order valence-corrected chi connectivity index (χ1v) is 8.53. The summed E-state index contributed by atoms with van der Waals surface area (Å²) in [5.74, 6) is -1.04. The van der Waals surface area contributed by atoms with Crippen molar-refractivity contribution in [1.82, 2.24) is 10.2 Å². The van der Waals surface area contributed by atoms with E-state index in [1.54, 1.807) is 12.1 Å². The van der Waals surface area contributed by atoms with E-state index in [1.807, 2.05) is 25.1 Å². The minimum atomic E-state index is -1.13. The van der Waals surface area contributed by atoms with E-state index in [-0.39, 0.29) is 12.7 Å². The smallest absolute Gasteiger partial charge is 0.326 e. The summed E-state index contributed by atoms with van der Waals surface area (Å²) in [6.45, 7) is 2.25. The molecule has 1 N–H and O–H groups in total. The summed E-state index contributed by atoms with van der Waals surface area (Å²) in [6, 6.07) is 8.47. The highest BCUT2D eigenvalue weighted by Gasteiger charge is 2.51. The number of nitrogens with zero attached hydrogens (tertiary/aromatic N) is 1. The van der Waals surface area contributed by atoms with Gasteiger partial charge < -0.3 is 14.8 Å². The quantitative estimate of drug-likeness (QED) is 0.624. The molecule has 134 valence electrons. The Bertz CT molecular complexity index is 657. The summed E-state index contributed by atoms with van der Waals surface area (Å²) in [5.41, 5.74) is -0.432. The van der Waals surface area contributed by atoms with E-state index in [4.69, 9.17) is 9.47 Å². The van der Waals surface area contributed by atoms with Gasteiger partial charge in [0, 0.05) is 6.61 Å². The molecule has 0 radical (unpaired) electrons. The maximum Gasteiger partial charge on any atom is 0.326 e. The van der Waals surface area contributed by atoms with Crippen molar-refractivity contribution in [2.45, 2.75) is 37.8 Å². The zero-order chi connectivity index (χ0) is 17.9. The Labute approximate surface area is 146 Å². The van der Waals surface area contributed by atoms with Gasteiger partial charge in [-0.05, 0) is 24.8 Å². The van der Waals surface area contributed by atoms with Crippen LogP contribution in [0.3, 0.4) is 0 Å². The van der Waals surface area contributed by atoms with Crippen LogP contribution in [-0.4, -0.2) is 48.7 Å². The first kappa shape index (κ1) is 17.4. The Hall–Kier alpha value is -2.41. The van der Waals surface area contributed by atoms with Crippen LogP contribution in [0.1, 0.15) is 31.7 Å². The Morgan fingerprint density at radius 1 is 1.36 bits per heavy atom. The monoisotopic (exact) mass is 346 g/mol. The minimum absolute atomic E-state index is 0.0916. The maximum absolute atomic E-state index is 12.9. The third kappa shape index (κ3) is 3.37. The average molecular weight is 346 g/mol. The standard InChI is InChI=1S/C18H22N2O5/c1-2-18(13-7-4-3-5-8-13)16(22)20(17(23)19-18)11-15(21)25-12-14-9-6-10-24-14/h3-5,7-8,14H,2,6,9-12H2,1H3,(H,19,23)/t14-,18+/m0/s1. The summed E-state index contributed by atoms with van der Waals surface area (Å²) in [4.78, 5) is 38.1. The number of nitrogens with one attached hydrogen (secondary N) is 1. The predicted molar refractivity (Wildman–Crippen MR) is 88.6 cm³/mol. The van der Waals surface area contributed by atoms with Crippen LogP contribution in [0.15, 0.2) is 30.3 Å². The van der Waals surface area contributed by atoms with Gasteiger partial charge in [0.15, 0.2) is 0 Å². The molecule has 2 aliphatic rings. The fraction of sp³-hybridized carbons (Fsp3) is 0.500. The molecular weight excluding hydrogens is 324 g/mol. The molecule has 25 heavy (non-hydrogen) atoms. The van der Waals surface area contributed by atoms with Gasteiger partial charge in [-0.3, -0.25) is 14.5 Å². The lowest BCUT2D eigenvalue weighted by Crippen LogP contribution is -2.44. The second kappa shape index (κ2) is 7.23. The lowest BCUT2D eigenvalue weighted by molar-refractivity contribution is -0.150. The second-order valence-electron chi connectivity index (χ2n) is 6.26. The molecular formula is C18H22N2O5. The molecule has 3 rings (SSSR count). The Balaban J connectivity index is 1.67. The van der Waals surface area contributed by atoms with Gasteiger partial charge in [0.25, 0.3) is 5.91 Å². The van der Waals surface area contributed by atoms with Crippen molar-refractivity contribution in [1.29, 1.82) is 0 Å². The highest BCUT2D eigenvalue weighted by atomic mass is 16.6. The van der Waals surface area contributed by atoms with E-state index in [0.717, 1.165) is 17.7 Å². The molecule has 7 nitrogen and oxygen atoms in total. The van der Waals surface area contributed by atoms with Crippen LogP contribution in [-0.2, 0) is 24.6 Å². The lowest BCUT2D eigenvalue weighted by Gasteiger charge is -2.25. The number of carbonyl (C=O) groups excluding carboxylic acids is 3. The fourth-order valence-corrected chi connectivity index (χ4v) is 3.27. The largest absolute Gasteiger partial charge is 0.462 e. The normalized spacial score (nSPS) is 26.0. The number of urea groups is 1. The van der Waals surface area contributed by atoms with Gasteiger partial charge in [-0.25, -0.2) is 4.79 Å². The van der Waals surface area contributed by atoms with E-state index in [9.17, 15) is 14.4 Å². The summed E-state index contributed by atoms with van der Waals surface area (Å²) in [7, 11) is 0. The number of esters is 1. The third-order valence-corrected chi connectivity index (χ3v) is 4.71. The van der Waals surface area contributed by atoms with Gasteiger partial charge >= 0.3 is 12.0 Å². The van der Waals surface area contributed by atoms with Crippen molar-refractivity contribution in [2.24, 2.45) is 0 Å². The molecule has 2 atom stereocenters. The van der Waals surface area contributed by atoms with Gasteiger partial charge in [0.05, 0.1) is 6.10 Å². The Kier molecular flexibility index (Phi) is 5.03. The number of imide groups is 1. The van der Waals surface area contributed by atoms with E-state index >= 15 is 0 Å². The Morgan fingerprint density at radius 3 is 2.76 bits per heavy atom. The molecule has 3 amide bonds. The molecule has 2 fully saturated rings. The van der Waals surface area contributed by atoms with Gasteiger partial charge in [-0.15, -0.1) is 0 Å². The Morgan fingerprint density at radius 2 is 2.12 bits per heavy atom. The number of hydrogen-bond donors (Lipinski definition) is 1. The molecule has 0 saturated carbocycles. The molecule has 2 heterocycles. The molecule has 0 unspecified atom stereocenters. The van der Waals surface area contributed by atoms with Crippen molar-refractivity contribution in [2.75, 3.05) is 19.8 Å². The van der Waals surface area contributed by atoms with Gasteiger partial charge in [-0.1, -0.05) is 37.3 Å². The molecule has 0 spiro atoms. The van der Waals surface area contributed by atoms with Crippen molar-refractivity contribution in [3.63, 3.8) is 0 Å². The van der Waals surface area contributed by atoms with Crippen LogP contribution in [0, 0.1) is 0 Å². The topological polar surface area (TPSA) is 84.9 Å². The minimum Gasteiger partial charge on any atom is -0.462 e. The van der Waals surface area contributed by atoms with Crippen molar-refractivity contribution in [3.8, 4) is 0 Å². The van der Waals surface area contributed by atoms with E-state index in [1.165, 1.54) is 0 Å². The third-order valence-electron chi connectivity index (χ3n) is 4.71. The summed E-state index contributed by atoms with van der Waals surface area (Å²) < 4.78 is 10.5. The summed E-state index contributed by atoms with van der Waals surface area (Å²) in [5, 5.41) is 2.74. The van der Waals surface area contributed by atoms with Gasteiger partial charge in [0.2, 0.25) is 0 Å². The van der Waals surface area contributed by atoms with Crippen LogP contribution < -0.4 is 5.32 Å². The highest BCUT2D eigenvalue weighted by Crippen LogP contribution is 2.32. The first-order valence-electron chi connectivity index (χ1n) is 8.53. The molecule has 2 aliphatic heterocycles. The van der Waals surface area contributed by atoms with Crippen LogP contribution in [0.4, 0.5) is 4.79 Å². The number of hydrogen-bond acceptors (Lipinski definition) is 5. The molecule has 0 bridgehead atoms. The van der Waals surface area contributed by atoms with Crippen LogP contribution >= 0.6 is 0 Å². The zero-order valence-corrected chi connectivity index (χ0v) is 14.2. The van der Waals surface area contributed by atoms with E-state index in [2.05, 4.69) is 5.32 Å². The maximum atomic E-state index is 12.9. The number of benzene rings is 1. The summed E-state index contributed by atoms with van der Waals surface area (Å²) >= 11 is 0. The molecule has 0 aromatic heterocycles. The number of carbonyl (C=O) groups is 3.